The molecule has 1 amide bonds. The van der Waals surface area contributed by atoms with Crippen LogP contribution in [-0.4, -0.2) is 47.3 Å². The van der Waals surface area contributed by atoms with Crippen molar-refractivity contribution in [1.29, 1.82) is 0 Å². The Hall–Kier alpha value is -2.68. The molecule has 0 fully saturated rings. The van der Waals surface area contributed by atoms with Gasteiger partial charge in [-0.1, -0.05) is 39.0 Å². The van der Waals surface area contributed by atoms with Gasteiger partial charge in [-0.3, -0.25) is 0 Å². The maximum Gasteiger partial charge on any atom is 0.420 e. The molecule has 0 atom stereocenters. The van der Waals surface area contributed by atoms with Gasteiger partial charge in [0.2, 0.25) is 5.75 Å². The van der Waals surface area contributed by atoms with Gasteiger partial charge < -0.3 is 18.9 Å². The molecule has 34 heavy (non-hydrogen) atoms. The number of aromatic nitrogens is 2. The van der Waals surface area contributed by atoms with Crippen LogP contribution in [0, 0.1) is 0 Å². The van der Waals surface area contributed by atoms with E-state index in [9.17, 15) is 4.79 Å². The molecule has 0 saturated carbocycles. The van der Waals surface area contributed by atoms with Crippen molar-refractivity contribution in [2.24, 2.45) is 0 Å². The van der Waals surface area contributed by atoms with E-state index in [0.29, 0.717) is 34.5 Å². The second-order valence-electron chi connectivity index (χ2n) is 8.92. The zero-order valence-corrected chi connectivity index (χ0v) is 22.2. The number of thiol groups is 1. The molecule has 188 valence electrons. The Balaban J connectivity index is 2.44. The van der Waals surface area contributed by atoms with Crippen LogP contribution in [0.3, 0.4) is 0 Å². The first-order valence-electron chi connectivity index (χ1n) is 11.5. The van der Waals surface area contributed by atoms with Crippen molar-refractivity contribution < 1.29 is 23.7 Å². The second-order valence-corrected chi connectivity index (χ2v) is 9.41. The van der Waals surface area contributed by atoms with Crippen LogP contribution in [-0.2, 0) is 17.7 Å². The van der Waals surface area contributed by atoms with Crippen LogP contribution in [0.5, 0.6) is 17.2 Å². The Bertz CT molecular complexity index is 937. The smallest absolute Gasteiger partial charge is 0.420 e. The lowest BCUT2D eigenvalue weighted by atomic mass is 10.1. The highest BCUT2D eigenvalue weighted by molar-refractivity contribution is 7.78. The fraction of sp³-hybridized carbons (Fsp3) is 0.560. The molecule has 1 heterocycles. The lowest BCUT2D eigenvalue weighted by molar-refractivity contribution is 0.0398. The molecule has 2 rings (SSSR count). The number of ether oxygens (including phenoxy) is 4. The van der Waals surface area contributed by atoms with Crippen LogP contribution < -0.4 is 14.2 Å². The number of nitrogens with zero attached hydrogens (tertiary/aromatic N) is 3. The fourth-order valence-corrected chi connectivity index (χ4v) is 3.55. The third kappa shape index (κ3) is 7.97. The van der Waals surface area contributed by atoms with E-state index in [-0.39, 0.29) is 6.54 Å². The molecule has 0 bridgehead atoms. The van der Waals surface area contributed by atoms with E-state index in [1.807, 2.05) is 39.0 Å². The first-order chi connectivity index (χ1) is 16.1. The van der Waals surface area contributed by atoms with E-state index in [4.69, 9.17) is 28.9 Å². The number of carbonyl (C=O) groups excluding carboxylic acids is 1. The van der Waals surface area contributed by atoms with E-state index in [1.165, 1.54) is 10.7 Å². The first kappa shape index (κ1) is 27.6. The molecule has 8 nitrogen and oxygen atoms in total. The highest BCUT2D eigenvalue weighted by atomic mass is 32.1. The Morgan fingerprint density at radius 1 is 0.971 bits per heavy atom. The lowest BCUT2D eigenvalue weighted by Gasteiger charge is -2.23. The van der Waals surface area contributed by atoms with Crippen LogP contribution in [0.2, 0.25) is 0 Å². The predicted molar refractivity (Wildman–Crippen MR) is 136 cm³/mol. The van der Waals surface area contributed by atoms with E-state index in [1.54, 1.807) is 21.3 Å². The third-order valence-corrected chi connectivity index (χ3v) is 5.26. The summed E-state index contributed by atoms with van der Waals surface area (Å²) in [7, 11) is 4.71. The van der Waals surface area contributed by atoms with Gasteiger partial charge in [0.05, 0.1) is 39.3 Å². The predicted octanol–water partition coefficient (Wildman–Crippen LogP) is 5.87. The number of unbranched alkanes of at least 4 members (excludes halogenated alkanes) is 3. The van der Waals surface area contributed by atoms with Crippen molar-refractivity contribution in [1.82, 2.24) is 14.3 Å². The fourth-order valence-electron chi connectivity index (χ4n) is 3.36. The van der Waals surface area contributed by atoms with E-state index >= 15 is 0 Å². The Kier molecular flexibility index (Phi) is 10.3. The topological polar surface area (TPSA) is 83.0 Å². The van der Waals surface area contributed by atoms with Crippen LogP contribution in [0.4, 0.5) is 4.79 Å². The van der Waals surface area contributed by atoms with Crippen molar-refractivity contribution in [3.63, 3.8) is 0 Å². The van der Waals surface area contributed by atoms with Crippen molar-refractivity contribution >= 4 is 18.9 Å². The average Bonchev–Trinajstić information content (AvgIpc) is 2.79. The minimum Gasteiger partial charge on any atom is -0.493 e. The van der Waals surface area contributed by atoms with Gasteiger partial charge in [-0.05, 0) is 45.4 Å². The molecular formula is C25H37N3O5S. The zero-order chi connectivity index (χ0) is 25.3. The molecule has 9 heteroatoms. The van der Waals surface area contributed by atoms with Gasteiger partial charge in [-0.2, -0.15) is 0 Å². The standard InChI is InChI=1S/C25H37N3O5S/c1-8-9-10-11-12-22-26-18(16-28(34)24(29)33-25(2,3)4)15-19(27-22)17-13-20(30-5)23(32-7)21(14-17)31-6/h13-15,34H,8-12,16H2,1-7H3. The average molecular weight is 492 g/mol. The molecule has 2 aromatic rings. The SMILES string of the molecule is CCCCCCc1nc(CN(S)C(=O)OC(C)(C)C)cc(-c2cc(OC)c(OC)c(OC)c2)n1. The van der Waals surface area contributed by atoms with Gasteiger partial charge in [0.15, 0.2) is 11.5 Å². The summed E-state index contributed by atoms with van der Waals surface area (Å²) in [6.07, 6.45) is 4.63. The van der Waals surface area contributed by atoms with Gasteiger partial charge >= 0.3 is 6.09 Å². The molecule has 1 aromatic heterocycles. The highest BCUT2D eigenvalue weighted by Crippen LogP contribution is 2.41. The highest BCUT2D eigenvalue weighted by Gasteiger charge is 2.22. The number of hydrogen-bond acceptors (Lipinski definition) is 8. The van der Waals surface area contributed by atoms with Gasteiger partial charge in [0.1, 0.15) is 11.4 Å². The monoisotopic (exact) mass is 491 g/mol. The molecule has 0 radical (unpaired) electrons. The molecule has 1 aromatic carbocycles. The van der Waals surface area contributed by atoms with Gasteiger partial charge in [0, 0.05) is 12.0 Å². The van der Waals surface area contributed by atoms with Crippen LogP contribution in [0.1, 0.15) is 64.9 Å². The lowest BCUT2D eigenvalue weighted by Crippen LogP contribution is -2.31. The number of methoxy groups -OCH3 is 3. The Morgan fingerprint density at radius 2 is 1.62 bits per heavy atom. The summed E-state index contributed by atoms with van der Waals surface area (Å²) in [5.74, 6) is 2.29. The number of amides is 1. The number of hydrogen-bond donors (Lipinski definition) is 1. The summed E-state index contributed by atoms with van der Waals surface area (Å²) in [6, 6.07) is 5.53. The molecule has 0 aliphatic heterocycles. The molecule has 0 saturated heterocycles. The maximum absolute atomic E-state index is 12.4. The van der Waals surface area contributed by atoms with Crippen molar-refractivity contribution in [3.05, 3.63) is 29.7 Å². The van der Waals surface area contributed by atoms with E-state index in [0.717, 1.165) is 31.2 Å². The maximum atomic E-state index is 12.4. The minimum absolute atomic E-state index is 0.167. The van der Waals surface area contributed by atoms with Crippen molar-refractivity contribution in [3.8, 4) is 28.5 Å². The van der Waals surface area contributed by atoms with Crippen LogP contribution in [0.15, 0.2) is 18.2 Å². The van der Waals surface area contributed by atoms with Gasteiger partial charge in [-0.15, -0.1) is 0 Å². The summed E-state index contributed by atoms with van der Waals surface area (Å²) in [4.78, 5) is 21.9. The van der Waals surface area contributed by atoms with E-state index < -0.39 is 11.7 Å². The number of carbonyl (C=O) groups is 1. The summed E-state index contributed by atoms with van der Waals surface area (Å²) < 4.78 is 23.1. The largest absolute Gasteiger partial charge is 0.493 e. The molecular weight excluding hydrogens is 454 g/mol. The first-order valence-corrected chi connectivity index (χ1v) is 11.9. The second kappa shape index (κ2) is 12.7. The summed E-state index contributed by atoms with van der Waals surface area (Å²) >= 11 is 4.33. The number of aryl methyl sites for hydroxylation is 1. The summed E-state index contributed by atoms with van der Waals surface area (Å²) in [5.41, 5.74) is 1.52. The molecule has 0 aliphatic rings. The quantitative estimate of drug-likeness (QED) is 0.311. The van der Waals surface area contributed by atoms with Crippen LogP contribution >= 0.6 is 12.8 Å². The minimum atomic E-state index is -0.616. The molecule has 0 aliphatic carbocycles. The van der Waals surface area contributed by atoms with Gasteiger partial charge in [0.25, 0.3) is 0 Å². The molecule has 0 unspecified atom stereocenters. The molecule has 0 N–H and O–H groups in total. The third-order valence-electron chi connectivity index (χ3n) is 4.96. The Labute approximate surface area is 208 Å². The van der Waals surface area contributed by atoms with Crippen molar-refractivity contribution in [2.75, 3.05) is 21.3 Å². The van der Waals surface area contributed by atoms with Crippen LogP contribution in [0.25, 0.3) is 11.3 Å². The zero-order valence-electron chi connectivity index (χ0n) is 21.3. The summed E-state index contributed by atoms with van der Waals surface area (Å²) in [5, 5.41) is 0. The van der Waals surface area contributed by atoms with Crippen molar-refractivity contribution in [2.45, 2.75) is 71.9 Å². The van der Waals surface area contributed by atoms with Gasteiger partial charge in [-0.25, -0.2) is 19.1 Å². The number of rotatable bonds is 11. The Morgan fingerprint density at radius 3 is 2.15 bits per heavy atom. The normalized spacial score (nSPS) is 11.2. The molecule has 0 spiro atoms. The summed E-state index contributed by atoms with van der Waals surface area (Å²) in [6.45, 7) is 7.79. The van der Waals surface area contributed by atoms with E-state index in [2.05, 4.69) is 19.7 Å². The number of benzene rings is 1.